The first kappa shape index (κ1) is 15.3. The number of nitrogens with zero attached hydrogens (tertiary/aromatic N) is 1. The van der Waals surface area contributed by atoms with Gasteiger partial charge in [-0.3, -0.25) is 4.79 Å². The fraction of sp³-hybridized carbons (Fsp3) is 0.438. The third kappa shape index (κ3) is 3.30. The van der Waals surface area contributed by atoms with Crippen molar-refractivity contribution in [3.8, 4) is 0 Å². The van der Waals surface area contributed by atoms with E-state index < -0.39 is 0 Å². The summed E-state index contributed by atoms with van der Waals surface area (Å²) < 4.78 is 6.91. The number of hydrogen-bond acceptors (Lipinski definition) is 2. The Hall–Kier alpha value is -1.13. The molecule has 2 rings (SSSR count). The summed E-state index contributed by atoms with van der Waals surface area (Å²) in [5.74, 6) is -0.0518. The predicted molar refractivity (Wildman–Crippen MR) is 83.6 cm³/mol. The highest BCUT2D eigenvalue weighted by Gasteiger charge is 2.36. The number of amides is 1. The van der Waals surface area contributed by atoms with Crippen molar-refractivity contribution in [1.29, 1.82) is 0 Å². The molecule has 4 heteroatoms. The molecule has 0 bridgehead atoms. The molecule has 1 aromatic carbocycles. The zero-order valence-corrected chi connectivity index (χ0v) is 13.7. The molecule has 1 aromatic rings. The van der Waals surface area contributed by atoms with Gasteiger partial charge in [0.25, 0.3) is 0 Å². The Kier molecular flexibility index (Phi) is 4.35. The Bertz CT molecular complexity index is 519. The number of benzene rings is 1. The monoisotopic (exact) mass is 337 g/mol. The lowest BCUT2D eigenvalue weighted by atomic mass is 9.98. The van der Waals surface area contributed by atoms with Crippen LogP contribution in [0.4, 0.5) is 0 Å². The average molecular weight is 338 g/mol. The van der Waals surface area contributed by atoms with E-state index in [-0.39, 0.29) is 17.6 Å². The summed E-state index contributed by atoms with van der Waals surface area (Å²) in [6.45, 7) is 10.7. The van der Waals surface area contributed by atoms with Gasteiger partial charge in [-0.15, -0.1) is 0 Å². The first-order valence-electron chi connectivity index (χ1n) is 6.66. The van der Waals surface area contributed by atoms with Gasteiger partial charge in [0, 0.05) is 4.47 Å². The lowest BCUT2D eigenvalue weighted by Crippen LogP contribution is -2.51. The Balaban J connectivity index is 2.37. The molecule has 0 N–H and O–H groups in total. The lowest BCUT2D eigenvalue weighted by Gasteiger charge is -2.43. The zero-order valence-electron chi connectivity index (χ0n) is 12.1. The number of carbonyl (C=O) groups is 1. The lowest BCUT2D eigenvalue weighted by molar-refractivity contribution is -0.151. The van der Waals surface area contributed by atoms with E-state index in [1.54, 1.807) is 0 Å². The van der Waals surface area contributed by atoms with Crippen LogP contribution in [0.5, 0.6) is 0 Å². The van der Waals surface area contributed by atoms with E-state index in [1.807, 2.05) is 31.7 Å². The van der Waals surface area contributed by atoms with Gasteiger partial charge in [0.2, 0.25) is 5.91 Å². The molecule has 1 saturated heterocycles. The largest absolute Gasteiger partial charge is 0.371 e. The molecule has 1 atom stereocenters. The van der Waals surface area contributed by atoms with Crippen molar-refractivity contribution in [3.63, 3.8) is 0 Å². The van der Waals surface area contributed by atoms with Crippen LogP contribution in [0.25, 0.3) is 0 Å². The number of hydrogen-bond donors (Lipinski definition) is 0. The molecule has 3 nitrogen and oxygen atoms in total. The third-order valence-corrected chi connectivity index (χ3v) is 3.92. The number of morpholine rings is 1. The van der Waals surface area contributed by atoms with Crippen LogP contribution in [0.3, 0.4) is 0 Å². The normalized spacial score (nSPS) is 21.6. The highest BCUT2D eigenvalue weighted by molar-refractivity contribution is 9.10. The molecule has 0 radical (unpaired) electrons. The zero-order chi connectivity index (χ0) is 14.9. The van der Waals surface area contributed by atoms with E-state index in [2.05, 4.69) is 34.6 Å². The average Bonchev–Trinajstić information content (AvgIpc) is 2.35. The molecule has 1 aliphatic heterocycles. The first-order chi connectivity index (χ1) is 9.32. The molecule has 20 heavy (non-hydrogen) atoms. The minimum Gasteiger partial charge on any atom is -0.371 e. The van der Waals surface area contributed by atoms with Crippen molar-refractivity contribution < 1.29 is 9.53 Å². The van der Waals surface area contributed by atoms with Crippen LogP contribution in [0, 0.1) is 6.92 Å². The Morgan fingerprint density at radius 1 is 1.50 bits per heavy atom. The topological polar surface area (TPSA) is 29.5 Å². The van der Waals surface area contributed by atoms with Crippen LogP contribution in [-0.4, -0.2) is 29.6 Å². The molecular weight excluding hydrogens is 318 g/mol. The van der Waals surface area contributed by atoms with Crippen molar-refractivity contribution in [1.82, 2.24) is 4.90 Å². The maximum Gasteiger partial charge on any atom is 0.246 e. The third-order valence-electron chi connectivity index (χ3n) is 3.47. The van der Waals surface area contributed by atoms with E-state index in [9.17, 15) is 4.79 Å². The second-order valence-corrected chi connectivity index (χ2v) is 6.73. The van der Waals surface area contributed by atoms with Gasteiger partial charge in [-0.2, -0.15) is 0 Å². The molecule has 1 fully saturated rings. The molecule has 1 aliphatic rings. The maximum absolute atomic E-state index is 12.1. The summed E-state index contributed by atoms with van der Waals surface area (Å²) in [7, 11) is 0. The van der Waals surface area contributed by atoms with Crippen LogP contribution in [0.1, 0.15) is 31.0 Å². The van der Waals surface area contributed by atoms with Gasteiger partial charge in [0.05, 0.1) is 24.8 Å². The van der Waals surface area contributed by atoms with E-state index in [0.29, 0.717) is 13.2 Å². The summed E-state index contributed by atoms with van der Waals surface area (Å²) in [5, 5.41) is 0. The highest BCUT2D eigenvalue weighted by atomic mass is 79.9. The summed E-state index contributed by atoms with van der Waals surface area (Å²) in [4.78, 5) is 14.0. The van der Waals surface area contributed by atoms with Crippen molar-refractivity contribution in [2.45, 2.75) is 32.4 Å². The Morgan fingerprint density at radius 2 is 2.20 bits per heavy atom. The molecule has 0 aromatic heterocycles. The Morgan fingerprint density at radius 3 is 2.80 bits per heavy atom. The second kappa shape index (κ2) is 5.70. The number of halogens is 1. The second-order valence-electron chi connectivity index (χ2n) is 5.82. The smallest absolute Gasteiger partial charge is 0.246 e. The van der Waals surface area contributed by atoms with E-state index in [0.717, 1.165) is 15.6 Å². The van der Waals surface area contributed by atoms with Crippen LogP contribution >= 0.6 is 15.9 Å². The minimum atomic E-state index is -0.323. The quantitative estimate of drug-likeness (QED) is 0.771. The van der Waals surface area contributed by atoms with E-state index in [4.69, 9.17) is 4.74 Å². The fourth-order valence-electron chi connectivity index (χ4n) is 2.54. The maximum atomic E-state index is 12.1. The van der Waals surface area contributed by atoms with E-state index in [1.165, 1.54) is 6.08 Å². The van der Waals surface area contributed by atoms with Crippen molar-refractivity contribution in [3.05, 3.63) is 46.5 Å². The summed E-state index contributed by atoms with van der Waals surface area (Å²) in [6.07, 6.45) is 1.37. The predicted octanol–water partition coefficient (Wildman–Crippen LogP) is 3.62. The van der Waals surface area contributed by atoms with Crippen LogP contribution in [-0.2, 0) is 9.53 Å². The van der Waals surface area contributed by atoms with Gasteiger partial charge in [-0.05, 0) is 50.1 Å². The fourth-order valence-corrected chi connectivity index (χ4v) is 3.17. The molecular formula is C16H20BrNO2. The molecule has 108 valence electrons. The molecule has 0 spiro atoms. The van der Waals surface area contributed by atoms with Gasteiger partial charge >= 0.3 is 0 Å². The molecule has 0 unspecified atom stereocenters. The van der Waals surface area contributed by atoms with Crippen molar-refractivity contribution in [2.24, 2.45) is 0 Å². The van der Waals surface area contributed by atoms with Crippen molar-refractivity contribution >= 4 is 21.8 Å². The van der Waals surface area contributed by atoms with Crippen molar-refractivity contribution in [2.75, 3.05) is 13.2 Å². The first-order valence-corrected chi connectivity index (χ1v) is 7.46. The summed E-state index contributed by atoms with van der Waals surface area (Å²) in [5.41, 5.74) is 1.92. The van der Waals surface area contributed by atoms with Crippen LogP contribution < -0.4 is 0 Å². The Labute approximate surface area is 128 Å². The highest BCUT2D eigenvalue weighted by Crippen LogP contribution is 2.32. The molecule has 1 amide bonds. The minimum absolute atomic E-state index is 0.0518. The number of ether oxygens (including phenoxy) is 1. The van der Waals surface area contributed by atoms with Gasteiger partial charge < -0.3 is 9.64 Å². The van der Waals surface area contributed by atoms with Gasteiger partial charge in [-0.25, -0.2) is 0 Å². The SMILES string of the molecule is C=CC(=O)N1CC(C)(C)OC[C@H]1c1cc(C)cc(Br)c1. The molecule has 0 aliphatic carbocycles. The van der Waals surface area contributed by atoms with Gasteiger partial charge in [-0.1, -0.05) is 28.6 Å². The van der Waals surface area contributed by atoms with Gasteiger partial charge in [0.15, 0.2) is 0 Å². The van der Waals surface area contributed by atoms with E-state index >= 15 is 0 Å². The van der Waals surface area contributed by atoms with Gasteiger partial charge in [0.1, 0.15) is 0 Å². The number of rotatable bonds is 2. The molecule has 0 saturated carbocycles. The summed E-state index contributed by atoms with van der Waals surface area (Å²) in [6, 6.07) is 6.13. The molecule has 1 heterocycles. The van der Waals surface area contributed by atoms with Crippen LogP contribution in [0.2, 0.25) is 0 Å². The number of carbonyl (C=O) groups excluding carboxylic acids is 1. The van der Waals surface area contributed by atoms with Crippen LogP contribution in [0.15, 0.2) is 35.3 Å². The number of aryl methyl sites for hydroxylation is 1. The standard InChI is InChI=1S/C16H20BrNO2/c1-5-15(19)18-10-16(3,4)20-9-14(18)12-6-11(2)7-13(17)8-12/h5-8,14H,1,9-10H2,2-4H3/t14-/m0/s1. The summed E-state index contributed by atoms with van der Waals surface area (Å²) >= 11 is 3.51.